The van der Waals surface area contributed by atoms with Crippen LogP contribution in [0.2, 0.25) is 0 Å². The van der Waals surface area contributed by atoms with E-state index in [-0.39, 0.29) is 21.9 Å². The highest BCUT2D eigenvalue weighted by molar-refractivity contribution is 7.92. The number of aryl methyl sites for hydroxylation is 1. The highest BCUT2D eigenvalue weighted by atomic mass is 32.2. The van der Waals surface area contributed by atoms with E-state index in [0.717, 1.165) is 29.8 Å². The Morgan fingerprint density at radius 3 is 2.25 bits per heavy atom. The van der Waals surface area contributed by atoms with Crippen molar-refractivity contribution in [1.29, 1.82) is 0 Å². The molecule has 0 atom stereocenters. The summed E-state index contributed by atoms with van der Waals surface area (Å²) in [6.07, 6.45) is -4.57. The van der Waals surface area contributed by atoms with Gasteiger partial charge in [-0.15, -0.1) is 0 Å². The lowest BCUT2D eigenvalue weighted by molar-refractivity contribution is -0.137. The first-order valence-electron chi connectivity index (χ1n) is 9.26. The van der Waals surface area contributed by atoms with Crippen LogP contribution in [0.4, 0.5) is 24.5 Å². The number of hydrogen-bond acceptors (Lipinski definition) is 4. The van der Waals surface area contributed by atoms with Gasteiger partial charge >= 0.3 is 6.18 Å². The number of rotatable bonds is 6. The van der Waals surface area contributed by atoms with Crippen molar-refractivity contribution in [2.24, 2.45) is 0 Å². The minimum Gasteiger partial charge on any atom is -0.495 e. The standard InChI is InChI=1S/C22H19F3N2O4S/c1-14-6-9-17(10-7-14)27-32(29,30)20-12-15(8-11-19(20)31-2)21(28)26-18-5-3-4-16(13-18)22(23,24)25/h3-13,27H,1-2H3,(H,26,28). The van der Waals surface area contributed by atoms with Gasteiger partial charge in [0.1, 0.15) is 10.6 Å². The predicted octanol–water partition coefficient (Wildman–Crippen LogP) is 5.08. The van der Waals surface area contributed by atoms with E-state index < -0.39 is 27.7 Å². The van der Waals surface area contributed by atoms with Crippen molar-refractivity contribution in [2.75, 3.05) is 17.1 Å². The molecule has 6 nitrogen and oxygen atoms in total. The Hall–Kier alpha value is -3.53. The Kier molecular flexibility index (Phi) is 6.45. The number of ether oxygens (including phenoxy) is 1. The van der Waals surface area contributed by atoms with E-state index in [0.29, 0.717) is 5.69 Å². The number of sulfonamides is 1. The fourth-order valence-electron chi connectivity index (χ4n) is 2.84. The monoisotopic (exact) mass is 464 g/mol. The van der Waals surface area contributed by atoms with Gasteiger partial charge in [0.05, 0.1) is 12.7 Å². The molecule has 0 bridgehead atoms. The molecular formula is C22H19F3N2O4S. The largest absolute Gasteiger partial charge is 0.495 e. The lowest BCUT2D eigenvalue weighted by Gasteiger charge is -2.14. The molecule has 3 rings (SSSR count). The molecule has 3 aromatic carbocycles. The normalized spacial score (nSPS) is 11.7. The zero-order chi connectivity index (χ0) is 23.5. The second-order valence-electron chi connectivity index (χ2n) is 6.87. The van der Waals surface area contributed by atoms with Gasteiger partial charge in [-0.05, 0) is 55.5 Å². The van der Waals surface area contributed by atoms with Gasteiger partial charge in [-0.3, -0.25) is 9.52 Å². The van der Waals surface area contributed by atoms with Gasteiger partial charge in [-0.2, -0.15) is 13.2 Å². The second-order valence-corrected chi connectivity index (χ2v) is 8.52. The van der Waals surface area contributed by atoms with Crippen LogP contribution in [-0.4, -0.2) is 21.4 Å². The van der Waals surface area contributed by atoms with Crippen molar-refractivity contribution in [3.05, 3.63) is 83.4 Å². The van der Waals surface area contributed by atoms with E-state index in [9.17, 15) is 26.4 Å². The summed E-state index contributed by atoms with van der Waals surface area (Å²) in [4.78, 5) is 12.3. The molecule has 0 saturated carbocycles. The molecule has 0 aliphatic rings. The summed E-state index contributed by atoms with van der Waals surface area (Å²) in [5.41, 5.74) is 0.182. The Bertz CT molecular complexity index is 1240. The fourth-order valence-corrected chi connectivity index (χ4v) is 4.09. The molecule has 0 aliphatic heterocycles. The Morgan fingerprint density at radius 2 is 1.62 bits per heavy atom. The van der Waals surface area contributed by atoms with Crippen LogP contribution in [0.15, 0.2) is 71.6 Å². The number of benzene rings is 3. The quantitative estimate of drug-likeness (QED) is 0.533. The smallest absolute Gasteiger partial charge is 0.416 e. The number of carbonyl (C=O) groups excluding carboxylic acids is 1. The average molecular weight is 464 g/mol. The molecule has 0 fully saturated rings. The summed E-state index contributed by atoms with van der Waals surface area (Å²) in [5, 5.41) is 2.35. The first-order valence-corrected chi connectivity index (χ1v) is 10.7. The van der Waals surface area contributed by atoms with Crippen molar-refractivity contribution >= 4 is 27.3 Å². The Morgan fingerprint density at radius 1 is 0.938 bits per heavy atom. The zero-order valence-electron chi connectivity index (χ0n) is 17.0. The van der Waals surface area contributed by atoms with Gasteiger partial charge in [-0.1, -0.05) is 23.8 Å². The van der Waals surface area contributed by atoms with E-state index in [1.165, 1.54) is 25.3 Å². The molecule has 0 saturated heterocycles. The van der Waals surface area contributed by atoms with Crippen molar-refractivity contribution in [3.63, 3.8) is 0 Å². The number of hydrogen-bond donors (Lipinski definition) is 2. The van der Waals surface area contributed by atoms with E-state index in [1.807, 2.05) is 6.92 Å². The zero-order valence-corrected chi connectivity index (χ0v) is 17.8. The van der Waals surface area contributed by atoms with Crippen molar-refractivity contribution < 1.29 is 31.1 Å². The van der Waals surface area contributed by atoms with Crippen LogP contribution in [0.25, 0.3) is 0 Å². The number of carbonyl (C=O) groups is 1. The fraction of sp³-hybridized carbons (Fsp3) is 0.136. The van der Waals surface area contributed by atoms with Crippen LogP contribution in [0.1, 0.15) is 21.5 Å². The second kappa shape index (κ2) is 8.91. The molecule has 10 heteroatoms. The van der Waals surface area contributed by atoms with Gasteiger partial charge in [0.15, 0.2) is 0 Å². The van der Waals surface area contributed by atoms with E-state index in [2.05, 4.69) is 10.0 Å². The Labute approximate surface area is 183 Å². The molecule has 0 aliphatic carbocycles. The molecule has 0 spiro atoms. The van der Waals surface area contributed by atoms with Crippen molar-refractivity contribution in [1.82, 2.24) is 0 Å². The predicted molar refractivity (Wildman–Crippen MR) is 114 cm³/mol. The highest BCUT2D eigenvalue weighted by Crippen LogP contribution is 2.31. The van der Waals surface area contributed by atoms with Crippen LogP contribution in [0, 0.1) is 6.92 Å². The molecule has 0 aromatic heterocycles. The molecule has 1 amide bonds. The SMILES string of the molecule is COc1ccc(C(=O)Nc2cccc(C(F)(F)F)c2)cc1S(=O)(=O)Nc1ccc(C)cc1. The summed E-state index contributed by atoms with van der Waals surface area (Å²) in [7, 11) is -2.85. The number of amides is 1. The lowest BCUT2D eigenvalue weighted by atomic mass is 10.1. The highest BCUT2D eigenvalue weighted by Gasteiger charge is 2.30. The van der Waals surface area contributed by atoms with Crippen LogP contribution >= 0.6 is 0 Å². The molecular weight excluding hydrogens is 445 g/mol. The number of anilines is 2. The minimum atomic E-state index is -4.57. The summed E-state index contributed by atoms with van der Waals surface area (Å²) in [6.45, 7) is 1.85. The maximum absolute atomic E-state index is 12.9. The summed E-state index contributed by atoms with van der Waals surface area (Å²) in [6, 6.07) is 14.5. The van der Waals surface area contributed by atoms with Crippen molar-refractivity contribution in [2.45, 2.75) is 18.0 Å². The van der Waals surface area contributed by atoms with Crippen LogP contribution < -0.4 is 14.8 Å². The minimum absolute atomic E-state index is 0.000213. The molecule has 0 unspecified atom stereocenters. The summed E-state index contributed by atoms with van der Waals surface area (Å²) < 4.78 is 72.0. The average Bonchev–Trinajstić information content (AvgIpc) is 2.74. The number of methoxy groups -OCH3 is 1. The van der Waals surface area contributed by atoms with Gasteiger partial charge in [0.2, 0.25) is 0 Å². The molecule has 0 radical (unpaired) electrons. The van der Waals surface area contributed by atoms with Crippen LogP contribution in [0.5, 0.6) is 5.75 Å². The third kappa shape index (κ3) is 5.38. The molecule has 2 N–H and O–H groups in total. The molecule has 32 heavy (non-hydrogen) atoms. The third-order valence-electron chi connectivity index (χ3n) is 4.47. The van der Waals surface area contributed by atoms with Crippen LogP contribution in [-0.2, 0) is 16.2 Å². The maximum atomic E-state index is 12.9. The van der Waals surface area contributed by atoms with E-state index in [1.54, 1.807) is 24.3 Å². The van der Waals surface area contributed by atoms with Gasteiger partial charge in [0.25, 0.3) is 15.9 Å². The van der Waals surface area contributed by atoms with E-state index in [4.69, 9.17) is 4.74 Å². The number of alkyl halides is 3. The first kappa shape index (κ1) is 23.1. The number of nitrogens with one attached hydrogen (secondary N) is 2. The van der Waals surface area contributed by atoms with Crippen LogP contribution in [0.3, 0.4) is 0 Å². The Balaban J connectivity index is 1.90. The van der Waals surface area contributed by atoms with E-state index >= 15 is 0 Å². The summed E-state index contributed by atoms with van der Waals surface area (Å²) >= 11 is 0. The molecule has 168 valence electrons. The third-order valence-corrected chi connectivity index (χ3v) is 5.87. The maximum Gasteiger partial charge on any atom is 0.416 e. The lowest BCUT2D eigenvalue weighted by Crippen LogP contribution is -2.17. The van der Waals surface area contributed by atoms with Gasteiger partial charge < -0.3 is 10.1 Å². The molecule has 3 aromatic rings. The first-order chi connectivity index (χ1) is 15.0. The van der Waals surface area contributed by atoms with Gasteiger partial charge in [-0.25, -0.2) is 8.42 Å². The number of halogens is 3. The summed E-state index contributed by atoms with van der Waals surface area (Å²) in [5.74, 6) is -0.779. The molecule has 0 heterocycles. The van der Waals surface area contributed by atoms with Crippen molar-refractivity contribution in [3.8, 4) is 5.75 Å². The van der Waals surface area contributed by atoms with Gasteiger partial charge in [0, 0.05) is 16.9 Å². The topological polar surface area (TPSA) is 84.5 Å².